The van der Waals surface area contributed by atoms with Crippen molar-refractivity contribution >= 4 is 194 Å². The van der Waals surface area contributed by atoms with Gasteiger partial charge >= 0.3 is 18.0 Å². The lowest BCUT2D eigenvalue weighted by molar-refractivity contribution is -0.140. The number of amides is 8. The van der Waals surface area contributed by atoms with Gasteiger partial charge in [-0.2, -0.15) is 32.8 Å². The van der Waals surface area contributed by atoms with Crippen molar-refractivity contribution < 1.29 is 132 Å². The molecule has 0 radical (unpaired) electrons. The molecule has 129 heavy (non-hydrogen) atoms. The van der Waals surface area contributed by atoms with Crippen LogP contribution in [0.15, 0.2) is 89.9 Å². The number of benzene rings is 4. The van der Waals surface area contributed by atoms with Gasteiger partial charge in [0.05, 0.1) is 39.9 Å². The van der Waals surface area contributed by atoms with Crippen molar-refractivity contribution in [2.75, 3.05) is 90.1 Å². The van der Waals surface area contributed by atoms with Crippen LogP contribution in [-0.4, -0.2) is 233 Å². The molecule has 716 valence electrons. The second-order valence-corrected chi connectivity index (χ2v) is 33.6. The minimum absolute atomic E-state index is 0.0314. The molecule has 4 aromatic rings. The van der Waals surface area contributed by atoms with Gasteiger partial charge in [0, 0.05) is 72.3 Å². The molecule has 0 saturated heterocycles. The number of alkyl halides is 2. The van der Waals surface area contributed by atoms with Crippen LogP contribution in [-0.2, 0) is 81.3 Å². The number of thiol groups is 1. The van der Waals surface area contributed by atoms with E-state index in [2.05, 4.69) is 67.2 Å². The summed E-state index contributed by atoms with van der Waals surface area (Å²) in [5.41, 5.74) is 12.0. The highest BCUT2D eigenvalue weighted by atomic mass is 35.5. The van der Waals surface area contributed by atoms with Gasteiger partial charge in [-0.15, -0.1) is 0 Å². The van der Waals surface area contributed by atoms with Gasteiger partial charge < -0.3 is 82.0 Å². The largest absolute Gasteiger partial charge is 0.482 e. The average molecular weight is 1990 g/mol. The number of Topliss-reactive ketones (excluding diaryl/α,β-unsaturated/α-hetero) is 3. The standard InChI is InChI=1S/C29H35Cl2NO8S.C27H37Cl2FN4O9S.C17H20Cl2FNO3.C10H17N3O6S/c1-7-20(3)27(34)22-14-15-23(26(31)25(22)30)38-18-24(33)32(28(35)40-29(4,5)6)16-8-9-17-39-41(36,37)21-12-10-19(2)11-13-21;1-2-16(12-44-13-19(26(39)33-14-42-15-35)34-21(36)8-6-18(31)27(40)41)25(38)17-5-7-20(24(29)23(17)28)43-11-22(37)32-10-4-3-9-30;1-3-11(2)17(23)12-6-7-13(16(19)15(12)18)24-10-14(22)21-9-5-4-8-20;11-6(10(17)18)1-2-8(15)13-7(3-20)9(16)12-4-19-5-14/h10-15H,3,7-9,16-18H2,1-2,4-6H3;5,7,15-16,18-19H,2-4,6,8-14,31H2,1H3,(H,32,37)(H,33,39)(H,34,36)(H,40,41);6-7H,2-5,8-10H2,1H3,(H,21,22);5-7,20H,1-4,11H2,(H,12,16)(H,13,15)(H,17,18)/t;16?,18-,19-;;6-,7-/m.1.1/s1/i;30-1;20-1;. The number of aryl methyl sites for hydroxylation is 1. The molecule has 4 rings (SSSR count). The van der Waals surface area contributed by atoms with E-state index in [-0.39, 0.29) is 194 Å². The number of carboxylic acids is 2. The number of nitrogens with one attached hydrogen (secondary N) is 6. The summed E-state index contributed by atoms with van der Waals surface area (Å²) in [5.74, 6) is -7.19. The number of ether oxygens (including phenoxy) is 6. The second kappa shape index (κ2) is 63.5. The van der Waals surface area contributed by atoms with E-state index in [1.165, 1.54) is 60.3 Å². The highest BCUT2D eigenvalue weighted by Crippen LogP contribution is 2.39. The molecule has 4 aromatic carbocycles. The number of aliphatic carboxylic acids is 2. The fourth-order valence-corrected chi connectivity index (χ4v) is 13.7. The van der Waals surface area contributed by atoms with Crippen LogP contribution >= 0.6 is 94.0 Å². The number of ketones is 3. The summed E-state index contributed by atoms with van der Waals surface area (Å²) in [5, 5.41) is 32.0. The van der Waals surface area contributed by atoms with Crippen LogP contribution < -0.4 is 57.6 Å². The van der Waals surface area contributed by atoms with Gasteiger partial charge in [-0.25, -0.2) is 9.69 Å². The number of hydrogen-bond acceptors (Lipinski definition) is 28. The summed E-state index contributed by atoms with van der Waals surface area (Å²) in [4.78, 5) is 178. The van der Waals surface area contributed by atoms with Crippen LogP contribution in [0.25, 0.3) is 0 Å². The molecule has 8 amide bonds. The molecule has 35 nitrogen and oxygen atoms in total. The van der Waals surface area contributed by atoms with Crippen LogP contribution in [0.2, 0.25) is 30.1 Å². The molecular formula is C83H109Cl6F2N9O26S3. The lowest BCUT2D eigenvalue weighted by Gasteiger charge is -2.26. The van der Waals surface area contributed by atoms with Crippen LogP contribution in [0.1, 0.15) is 162 Å². The summed E-state index contributed by atoms with van der Waals surface area (Å²) in [6.07, 6.45) is 2.17. The molecule has 0 spiro atoms. The molecule has 0 aliphatic carbocycles. The number of carbonyl (C=O) groups excluding carboxylic acids is 13. The number of allylic oxidation sites excluding steroid dienone is 2. The maximum absolute atomic E-state index is 13.3. The number of unbranched alkanes of at least 4 members (excludes halogenated alkanes) is 3. The van der Waals surface area contributed by atoms with Gasteiger partial charge in [0.25, 0.3) is 40.8 Å². The normalized spacial score (nSPS) is 12.0. The summed E-state index contributed by atoms with van der Waals surface area (Å²) in [6.45, 7) is 17.6. The zero-order valence-corrected chi connectivity index (χ0v) is 79.0. The van der Waals surface area contributed by atoms with Crippen molar-refractivity contribution in [2.24, 2.45) is 17.4 Å². The minimum atomic E-state index is -3.94. The van der Waals surface area contributed by atoms with E-state index in [0.29, 0.717) is 69.2 Å². The third-order valence-corrected chi connectivity index (χ3v) is 22.7. The third kappa shape index (κ3) is 45.3. The Morgan fingerprint density at radius 1 is 0.566 bits per heavy atom. The predicted molar refractivity (Wildman–Crippen MR) is 484 cm³/mol. The Labute approximate surface area is 786 Å². The van der Waals surface area contributed by atoms with Crippen molar-refractivity contribution in [3.63, 3.8) is 0 Å². The highest BCUT2D eigenvalue weighted by Gasteiger charge is 2.31. The zero-order chi connectivity index (χ0) is 97.7. The van der Waals surface area contributed by atoms with E-state index in [4.69, 9.17) is 114 Å². The number of imide groups is 1. The number of nitrogens with zero attached hydrogens (tertiary/aromatic N) is 1. The number of thioether (sulfide) groups is 1. The van der Waals surface area contributed by atoms with Gasteiger partial charge in [-0.05, 0) is 158 Å². The molecule has 12 N–H and O–H groups in total. The van der Waals surface area contributed by atoms with Crippen LogP contribution in [0.4, 0.5) is 13.6 Å². The summed E-state index contributed by atoms with van der Waals surface area (Å²) >= 11 is 42.6. The fraction of sp³-hybridized carbons (Fsp3) is 0.482. The minimum Gasteiger partial charge on any atom is -0.482 e. The predicted octanol–water partition coefficient (Wildman–Crippen LogP) is 11.1. The molecule has 0 fully saturated rings. The van der Waals surface area contributed by atoms with Crippen molar-refractivity contribution in [1.82, 2.24) is 36.8 Å². The van der Waals surface area contributed by atoms with Gasteiger partial charge in [-0.1, -0.05) is 121 Å². The van der Waals surface area contributed by atoms with Crippen LogP contribution in [0.5, 0.6) is 17.2 Å². The second-order valence-electron chi connectivity index (χ2n) is 28.3. The molecule has 0 saturated carbocycles. The molecule has 0 aromatic heterocycles. The first-order valence-electron chi connectivity index (χ1n) is 39.7. The average Bonchev–Trinajstić information content (AvgIpc) is 0.840. The topological polar surface area (TPSA) is 523 Å². The number of rotatable bonds is 56. The van der Waals surface area contributed by atoms with E-state index in [9.17, 15) is 89.1 Å². The Bertz CT molecular complexity index is 4580. The number of nitrogens with two attached hydrogens (primary N) is 2. The molecule has 46 heteroatoms. The summed E-state index contributed by atoms with van der Waals surface area (Å²) < 4.78 is 84.3. The number of carbonyl (C=O) groups is 15. The molecule has 1 unspecified atom stereocenters. The Hall–Kier alpha value is -9.46. The highest BCUT2D eigenvalue weighted by molar-refractivity contribution is 7.99. The number of carboxylic acid groups (broad SMARTS) is 2. The lowest BCUT2D eigenvalue weighted by Crippen LogP contribution is -2.49. The molecular weight excluding hydrogens is 1880 g/mol. The van der Waals surface area contributed by atoms with Crippen LogP contribution in [0, 0.1) is 12.8 Å². The molecule has 5 atom stereocenters. The first kappa shape index (κ1) is 118. The Morgan fingerprint density at radius 3 is 1.39 bits per heavy atom. The van der Waals surface area contributed by atoms with E-state index in [1.54, 1.807) is 46.8 Å². The van der Waals surface area contributed by atoms with E-state index in [0.717, 1.165) is 10.5 Å². The van der Waals surface area contributed by atoms with Gasteiger partial charge in [0.2, 0.25) is 23.6 Å². The summed E-state index contributed by atoms with van der Waals surface area (Å²) in [6, 6.07) is 10.5. The van der Waals surface area contributed by atoms with Gasteiger partial charge in [-0.3, -0.25) is 80.1 Å². The van der Waals surface area contributed by atoms with Crippen molar-refractivity contribution in [1.29, 1.82) is 0 Å². The Morgan fingerprint density at radius 2 is 0.984 bits per heavy atom. The van der Waals surface area contributed by atoms with E-state index in [1.807, 2.05) is 13.8 Å². The molecule has 0 aliphatic rings. The van der Waals surface area contributed by atoms with Crippen molar-refractivity contribution in [2.45, 2.75) is 167 Å². The monoisotopic (exact) mass is 1990 g/mol. The molecule has 0 heterocycles. The van der Waals surface area contributed by atoms with Gasteiger partial charge in [0.15, 0.2) is 50.6 Å². The maximum atomic E-state index is 13.3. The van der Waals surface area contributed by atoms with Crippen LogP contribution in [0.3, 0.4) is 0 Å². The fourth-order valence-electron chi connectivity index (χ4n) is 9.82. The molecule has 0 aliphatic heterocycles. The number of halogens is 8. The SMILES string of the molecule is C=C(CC)C(=O)c1ccc(OCC(=O)N(CCCCOS(=O)(=O)c2ccc(C)cc2)C(=O)OC(C)(C)C)c(Cl)c1Cl.C=C(CC)C(=O)c1ccc(OCC(=O)NCCCC[18F])c(Cl)c1Cl.CCC(CSC[C@@H](NC(=O)CC[C@@H](N)C(=O)O)C(=O)NCOC=O)C(=O)c1ccc(OCC(=O)NCCCC[18F])c(Cl)c1Cl.N[C@H](CCC(=O)N[C@H](CS)C(=O)NCOC=O)C(=O)O. The van der Waals surface area contributed by atoms with Gasteiger partial charge in [0.1, 0.15) is 62.1 Å². The first-order chi connectivity index (χ1) is 60.9. The molecule has 0 bridgehead atoms. The van der Waals surface area contributed by atoms with Crippen molar-refractivity contribution in [3.8, 4) is 17.2 Å². The smallest absolute Gasteiger partial charge is 0.417 e. The van der Waals surface area contributed by atoms with E-state index >= 15 is 0 Å². The first-order valence-corrected chi connectivity index (χ1v) is 45.2. The number of hydrogen-bond donors (Lipinski definition) is 11. The van der Waals surface area contributed by atoms with E-state index < -0.39 is 126 Å². The zero-order valence-electron chi connectivity index (χ0n) is 71.9. The van der Waals surface area contributed by atoms with Crippen molar-refractivity contribution in [3.05, 3.63) is 137 Å². The Kier molecular flexibility index (Phi) is 57.9. The maximum Gasteiger partial charge on any atom is 0.417 e. The third-order valence-electron chi connectivity index (χ3n) is 17.2. The quantitative estimate of drug-likeness (QED) is 0.00286. The Balaban J connectivity index is 0.000000902. The lowest BCUT2D eigenvalue weighted by atomic mass is 9.97. The summed E-state index contributed by atoms with van der Waals surface area (Å²) in [7, 11) is -3.94.